The fraction of sp³-hybridized carbons (Fsp3) is 0.500. The minimum Gasteiger partial charge on any atom is -0.480 e. The molecule has 7 N–H and O–H groups in total. The van der Waals surface area contributed by atoms with Crippen LogP contribution in [0.3, 0.4) is 0 Å². The molecule has 66 valence electrons. The fourth-order valence-electron chi connectivity index (χ4n) is 0.282. The lowest BCUT2D eigenvalue weighted by molar-refractivity contribution is -0.138. The van der Waals surface area contributed by atoms with E-state index < -0.39 is 12.0 Å². The van der Waals surface area contributed by atoms with Crippen molar-refractivity contribution >= 4 is 24.3 Å². The minimum atomic E-state index is -1.12. The van der Waals surface area contributed by atoms with Gasteiger partial charge in [-0.15, -0.1) is 12.4 Å². The largest absolute Gasteiger partial charge is 0.480 e. The standard InChI is InChI=1S/C4H10N4O2.ClH/c5-2(3(9)10)1-8-4(6)7;/h2H,1,5H2,(H,9,10)(H4,6,7,8);1H/t2-;/m1./s1. The molecule has 0 radical (unpaired) electrons. The highest BCUT2D eigenvalue weighted by atomic mass is 35.5. The maximum atomic E-state index is 10.0. The van der Waals surface area contributed by atoms with Crippen molar-refractivity contribution in [3.63, 3.8) is 0 Å². The normalized spacial score (nSPS) is 11.0. The summed E-state index contributed by atoms with van der Waals surface area (Å²) in [6.07, 6.45) is 0. The molecule has 7 heteroatoms. The summed E-state index contributed by atoms with van der Waals surface area (Å²) in [6, 6.07) is -1.03. The minimum absolute atomic E-state index is 0. The van der Waals surface area contributed by atoms with Gasteiger partial charge in [0.15, 0.2) is 5.96 Å². The zero-order valence-electron chi connectivity index (χ0n) is 5.73. The Morgan fingerprint density at radius 2 is 2.00 bits per heavy atom. The molecule has 0 unspecified atom stereocenters. The predicted molar refractivity (Wildman–Crippen MR) is 43.5 cm³/mol. The molecular weight excluding hydrogens is 172 g/mol. The van der Waals surface area contributed by atoms with Crippen molar-refractivity contribution in [3.05, 3.63) is 0 Å². The van der Waals surface area contributed by atoms with E-state index in [0.29, 0.717) is 0 Å². The summed E-state index contributed by atoms with van der Waals surface area (Å²) in [5.41, 5.74) is 14.9. The molecule has 0 amide bonds. The first-order valence-electron chi connectivity index (χ1n) is 2.58. The van der Waals surface area contributed by atoms with E-state index in [1.54, 1.807) is 0 Å². The fourth-order valence-corrected chi connectivity index (χ4v) is 0.282. The number of carbonyl (C=O) groups is 1. The van der Waals surface area contributed by atoms with Crippen LogP contribution >= 0.6 is 12.4 Å². The van der Waals surface area contributed by atoms with E-state index in [1.165, 1.54) is 0 Å². The quantitative estimate of drug-likeness (QED) is 0.299. The van der Waals surface area contributed by atoms with Gasteiger partial charge in [-0.05, 0) is 0 Å². The smallest absolute Gasteiger partial charge is 0.322 e. The van der Waals surface area contributed by atoms with Crippen LogP contribution in [0.1, 0.15) is 0 Å². The molecule has 0 bridgehead atoms. The summed E-state index contributed by atoms with van der Waals surface area (Å²) in [5.74, 6) is -1.28. The molecule has 0 saturated carbocycles. The summed E-state index contributed by atoms with van der Waals surface area (Å²) >= 11 is 0. The van der Waals surface area contributed by atoms with Crippen LogP contribution in [-0.4, -0.2) is 29.6 Å². The van der Waals surface area contributed by atoms with Crippen molar-refractivity contribution in [1.82, 2.24) is 0 Å². The first-order valence-corrected chi connectivity index (χ1v) is 2.58. The van der Waals surface area contributed by atoms with Gasteiger partial charge in [0, 0.05) is 0 Å². The van der Waals surface area contributed by atoms with Crippen LogP contribution in [0.25, 0.3) is 0 Å². The number of aliphatic imine (C=N–C) groups is 1. The highest BCUT2D eigenvalue weighted by Gasteiger charge is 2.09. The van der Waals surface area contributed by atoms with Gasteiger partial charge in [0.25, 0.3) is 0 Å². The average Bonchev–Trinajstić information content (AvgIpc) is 1.82. The van der Waals surface area contributed by atoms with Crippen molar-refractivity contribution in [1.29, 1.82) is 0 Å². The third kappa shape index (κ3) is 6.88. The summed E-state index contributed by atoms with van der Waals surface area (Å²) in [4.78, 5) is 13.4. The second-order valence-electron chi connectivity index (χ2n) is 1.71. The lowest BCUT2D eigenvalue weighted by Gasteiger charge is -2.00. The molecule has 1 atom stereocenters. The lowest BCUT2D eigenvalue weighted by atomic mass is 10.3. The maximum Gasteiger partial charge on any atom is 0.322 e. The van der Waals surface area contributed by atoms with E-state index in [0.717, 1.165) is 0 Å². The summed E-state index contributed by atoms with van der Waals surface area (Å²) in [6.45, 7) is -0.0856. The average molecular weight is 183 g/mol. The molecule has 0 aromatic heterocycles. The molecular formula is C4H11ClN4O2. The van der Waals surface area contributed by atoms with E-state index in [1.807, 2.05) is 0 Å². The number of nitrogens with two attached hydrogens (primary N) is 3. The third-order valence-electron chi connectivity index (χ3n) is 0.788. The molecule has 0 spiro atoms. The summed E-state index contributed by atoms with van der Waals surface area (Å²) in [7, 11) is 0. The van der Waals surface area contributed by atoms with Crippen molar-refractivity contribution in [2.75, 3.05) is 6.54 Å². The number of halogens is 1. The lowest BCUT2D eigenvalue weighted by Crippen LogP contribution is -2.35. The Labute approximate surface area is 69.9 Å². The van der Waals surface area contributed by atoms with E-state index in [9.17, 15) is 4.79 Å². The maximum absolute atomic E-state index is 10.0. The second-order valence-corrected chi connectivity index (χ2v) is 1.71. The van der Waals surface area contributed by atoms with E-state index in [2.05, 4.69) is 4.99 Å². The Bertz CT molecular complexity index is 156. The molecule has 0 fully saturated rings. The summed E-state index contributed by atoms with van der Waals surface area (Å²) < 4.78 is 0. The van der Waals surface area contributed by atoms with Gasteiger partial charge in [-0.25, -0.2) is 0 Å². The van der Waals surface area contributed by atoms with Gasteiger partial charge in [0.1, 0.15) is 6.04 Å². The number of hydrogen-bond acceptors (Lipinski definition) is 3. The number of hydrogen-bond donors (Lipinski definition) is 4. The van der Waals surface area contributed by atoms with Gasteiger partial charge < -0.3 is 22.3 Å². The van der Waals surface area contributed by atoms with Crippen LogP contribution in [0.15, 0.2) is 4.99 Å². The van der Waals surface area contributed by atoms with Crippen LogP contribution in [-0.2, 0) is 4.79 Å². The van der Waals surface area contributed by atoms with Gasteiger partial charge in [0.2, 0.25) is 0 Å². The number of carboxylic acid groups (broad SMARTS) is 1. The van der Waals surface area contributed by atoms with Crippen LogP contribution in [0.4, 0.5) is 0 Å². The van der Waals surface area contributed by atoms with Crippen molar-refractivity contribution < 1.29 is 9.90 Å². The van der Waals surface area contributed by atoms with Crippen molar-refractivity contribution in [2.45, 2.75) is 6.04 Å². The Kier molecular flexibility index (Phi) is 6.61. The Balaban J connectivity index is 0. The Morgan fingerprint density at radius 1 is 1.55 bits per heavy atom. The highest BCUT2D eigenvalue weighted by Crippen LogP contribution is 1.78. The zero-order chi connectivity index (χ0) is 8.15. The Morgan fingerprint density at radius 3 is 2.27 bits per heavy atom. The topological polar surface area (TPSA) is 128 Å². The van der Waals surface area contributed by atoms with E-state index in [-0.39, 0.29) is 24.9 Å². The monoisotopic (exact) mass is 182 g/mol. The van der Waals surface area contributed by atoms with Crippen LogP contribution < -0.4 is 17.2 Å². The van der Waals surface area contributed by atoms with E-state index >= 15 is 0 Å². The number of nitrogens with zero attached hydrogens (tertiary/aromatic N) is 1. The number of aliphatic carboxylic acids is 1. The first-order chi connectivity index (χ1) is 4.54. The molecule has 0 aliphatic heterocycles. The van der Waals surface area contributed by atoms with Crippen LogP contribution in [0.2, 0.25) is 0 Å². The van der Waals surface area contributed by atoms with Gasteiger partial charge in [-0.1, -0.05) is 0 Å². The number of guanidine groups is 1. The molecule has 0 aromatic carbocycles. The molecule has 0 heterocycles. The zero-order valence-corrected chi connectivity index (χ0v) is 6.54. The number of rotatable bonds is 3. The molecule has 0 saturated heterocycles. The van der Waals surface area contributed by atoms with E-state index in [4.69, 9.17) is 22.3 Å². The van der Waals surface area contributed by atoms with Crippen LogP contribution in [0, 0.1) is 0 Å². The van der Waals surface area contributed by atoms with Crippen molar-refractivity contribution in [3.8, 4) is 0 Å². The van der Waals surface area contributed by atoms with Crippen molar-refractivity contribution in [2.24, 2.45) is 22.2 Å². The van der Waals surface area contributed by atoms with Gasteiger partial charge in [-0.3, -0.25) is 9.79 Å². The summed E-state index contributed by atoms with van der Waals surface area (Å²) in [5, 5.41) is 8.22. The molecule has 0 aromatic rings. The van der Waals surface area contributed by atoms with Crippen LogP contribution in [0.5, 0.6) is 0 Å². The molecule has 6 nitrogen and oxygen atoms in total. The predicted octanol–water partition coefficient (Wildman–Crippen LogP) is -1.91. The molecule has 0 aliphatic rings. The van der Waals surface area contributed by atoms with Gasteiger partial charge in [-0.2, -0.15) is 0 Å². The SMILES string of the molecule is Cl.NC(N)=NC[C@@H](N)C(=O)O. The molecule has 11 heavy (non-hydrogen) atoms. The first kappa shape index (κ1) is 12.6. The third-order valence-corrected chi connectivity index (χ3v) is 0.788. The molecule has 0 aliphatic carbocycles. The number of carboxylic acids is 1. The van der Waals surface area contributed by atoms with Gasteiger partial charge >= 0.3 is 5.97 Å². The highest BCUT2D eigenvalue weighted by molar-refractivity contribution is 5.85. The second kappa shape index (κ2) is 5.75. The Hall–Kier alpha value is -1.01. The molecule has 0 rings (SSSR count). The van der Waals surface area contributed by atoms with Gasteiger partial charge in [0.05, 0.1) is 6.54 Å².